The molecule has 0 bridgehead atoms. The fraction of sp³-hybridized carbons (Fsp3) is 0.429. The van der Waals surface area contributed by atoms with Gasteiger partial charge in [-0.3, -0.25) is 0 Å². The number of halogens is 1. The topological polar surface area (TPSA) is 78.4 Å². The molecule has 1 aliphatic rings. The normalized spacial score (nSPS) is 21.0. The van der Waals surface area contributed by atoms with E-state index in [1.165, 1.54) is 24.6 Å². The summed E-state index contributed by atoms with van der Waals surface area (Å²) in [4.78, 5) is 22.7. The van der Waals surface area contributed by atoms with Crippen molar-refractivity contribution in [2.45, 2.75) is 24.5 Å². The zero-order valence-electron chi connectivity index (χ0n) is 11.6. The second-order valence-corrected chi connectivity index (χ2v) is 7.30. The lowest BCUT2D eigenvalue weighted by Gasteiger charge is -2.23. The van der Waals surface area contributed by atoms with E-state index in [0.717, 1.165) is 12.2 Å². The summed E-state index contributed by atoms with van der Waals surface area (Å²) in [5, 5.41) is 14.5. The second-order valence-electron chi connectivity index (χ2n) is 5.21. The summed E-state index contributed by atoms with van der Waals surface area (Å²) < 4.78 is 0.0916. The van der Waals surface area contributed by atoms with Crippen molar-refractivity contribution < 1.29 is 14.7 Å². The molecule has 21 heavy (non-hydrogen) atoms. The molecule has 7 heteroatoms. The van der Waals surface area contributed by atoms with E-state index >= 15 is 0 Å². The standard InChI is InChI=1S/C14H17ClN2O3S/c1-14(5-2-6-21-14)8-16-13(20)17-11-4-3-9(12(18)19)7-10(11)15/h3-4,7H,2,5-6,8H2,1H3,(H,18,19)(H2,16,17,20). The molecule has 3 N–H and O–H groups in total. The van der Waals surface area contributed by atoms with Crippen LogP contribution in [0.1, 0.15) is 30.1 Å². The van der Waals surface area contributed by atoms with Crippen molar-refractivity contribution in [3.05, 3.63) is 28.8 Å². The number of hydrogen-bond acceptors (Lipinski definition) is 3. The number of carboxylic acid groups (broad SMARTS) is 1. The molecule has 1 atom stereocenters. The predicted molar refractivity (Wildman–Crippen MR) is 85.5 cm³/mol. The summed E-state index contributed by atoms with van der Waals surface area (Å²) in [6.07, 6.45) is 2.26. The first-order chi connectivity index (χ1) is 9.89. The molecule has 1 fully saturated rings. The lowest BCUT2D eigenvalue weighted by molar-refractivity contribution is 0.0697. The van der Waals surface area contributed by atoms with E-state index in [-0.39, 0.29) is 21.4 Å². The van der Waals surface area contributed by atoms with Crippen LogP contribution in [-0.2, 0) is 0 Å². The highest BCUT2D eigenvalue weighted by Gasteiger charge is 2.29. The monoisotopic (exact) mass is 328 g/mol. The largest absolute Gasteiger partial charge is 0.478 e. The van der Waals surface area contributed by atoms with Gasteiger partial charge in [0.2, 0.25) is 0 Å². The summed E-state index contributed by atoms with van der Waals surface area (Å²) in [7, 11) is 0. The Morgan fingerprint density at radius 2 is 2.24 bits per heavy atom. The van der Waals surface area contributed by atoms with Gasteiger partial charge in [-0.1, -0.05) is 11.6 Å². The fourth-order valence-corrected chi connectivity index (χ4v) is 3.63. The number of amides is 2. The molecule has 2 amide bonds. The van der Waals surface area contributed by atoms with Crippen LogP contribution in [0.25, 0.3) is 0 Å². The third-order valence-corrected chi connectivity index (χ3v) is 5.24. The SMILES string of the molecule is CC1(CNC(=O)Nc2ccc(C(=O)O)cc2Cl)CCCS1. The predicted octanol–water partition coefficient (Wildman–Crippen LogP) is 3.45. The van der Waals surface area contributed by atoms with Crippen molar-refractivity contribution >= 4 is 41.1 Å². The van der Waals surface area contributed by atoms with Gasteiger partial charge in [-0.2, -0.15) is 11.8 Å². The number of carbonyl (C=O) groups is 2. The van der Waals surface area contributed by atoms with Crippen molar-refractivity contribution in [3.8, 4) is 0 Å². The molecular formula is C14H17ClN2O3S. The highest BCUT2D eigenvalue weighted by molar-refractivity contribution is 8.00. The van der Waals surface area contributed by atoms with Crippen molar-refractivity contribution in [3.63, 3.8) is 0 Å². The molecule has 114 valence electrons. The number of benzene rings is 1. The number of aromatic carboxylic acids is 1. The average molecular weight is 329 g/mol. The van der Waals surface area contributed by atoms with Crippen LogP contribution in [0.15, 0.2) is 18.2 Å². The molecule has 1 aliphatic heterocycles. The van der Waals surface area contributed by atoms with E-state index in [0.29, 0.717) is 12.2 Å². The van der Waals surface area contributed by atoms with Crippen LogP contribution in [0.2, 0.25) is 5.02 Å². The first-order valence-corrected chi connectivity index (χ1v) is 7.98. The van der Waals surface area contributed by atoms with E-state index in [4.69, 9.17) is 16.7 Å². The van der Waals surface area contributed by atoms with Crippen molar-refractivity contribution in [2.75, 3.05) is 17.6 Å². The third kappa shape index (κ3) is 4.28. The van der Waals surface area contributed by atoms with E-state index < -0.39 is 5.97 Å². The Balaban J connectivity index is 1.92. The molecule has 0 aromatic heterocycles. The van der Waals surface area contributed by atoms with Gasteiger partial charge < -0.3 is 15.7 Å². The molecule has 0 spiro atoms. The number of carbonyl (C=O) groups excluding carboxylic acids is 1. The molecule has 1 saturated heterocycles. The average Bonchev–Trinajstić information content (AvgIpc) is 2.86. The molecule has 5 nitrogen and oxygen atoms in total. The number of anilines is 1. The highest BCUT2D eigenvalue weighted by atomic mass is 35.5. The smallest absolute Gasteiger partial charge is 0.335 e. The van der Waals surface area contributed by atoms with Gasteiger partial charge in [0.15, 0.2) is 0 Å². The molecule has 1 aromatic carbocycles. The van der Waals surface area contributed by atoms with Crippen molar-refractivity contribution in [1.29, 1.82) is 0 Å². The quantitative estimate of drug-likeness (QED) is 0.791. The van der Waals surface area contributed by atoms with E-state index in [1.54, 1.807) is 0 Å². The molecular weight excluding hydrogens is 312 g/mol. The number of nitrogens with one attached hydrogen (secondary N) is 2. The fourth-order valence-electron chi connectivity index (χ4n) is 2.16. The van der Waals surface area contributed by atoms with Gasteiger partial charge in [0.05, 0.1) is 16.3 Å². The number of rotatable bonds is 4. The Labute approximate surface area is 132 Å². The van der Waals surface area contributed by atoms with E-state index in [2.05, 4.69) is 17.6 Å². The van der Waals surface area contributed by atoms with Crippen molar-refractivity contribution in [2.24, 2.45) is 0 Å². The minimum absolute atomic E-state index is 0.0841. The third-order valence-electron chi connectivity index (χ3n) is 3.39. The minimum Gasteiger partial charge on any atom is -0.478 e. The number of urea groups is 1. The first kappa shape index (κ1) is 16.0. The minimum atomic E-state index is -1.06. The van der Waals surface area contributed by atoms with Gasteiger partial charge in [0, 0.05) is 11.3 Å². The van der Waals surface area contributed by atoms with Gasteiger partial charge in [0.25, 0.3) is 0 Å². The number of hydrogen-bond donors (Lipinski definition) is 3. The molecule has 1 aromatic rings. The van der Waals surface area contributed by atoms with Crippen LogP contribution in [0, 0.1) is 0 Å². The molecule has 0 radical (unpaired) electrons. The van der Waals surface area contributed by atoms with Gasteiger partial charge in [-0.05, 0) is 43.7 Å². The highest BCUT2D eigenvalue weighted by Crippen LogP contribution is 2.36. The zero-order valence-corrected chi connectivity index (χ0v) is 13.2. The first-order valence-electron chi connectivity index (χ1n) is 6.61. The maximum atomic E-state index is 11.9. The Bertz CT molecular complexity index is 559. The summed E-state index contributed by atoms with van der Waals surface area (Å²) in [6, 6.07) is 3.86. The number of thioether (sulfide) groups is 1. The summed E-state index contributed by atoms with van der Waals surface area (Å²) >= 11 is 7.83. The Morgan fingerprint density at radius 1 is 1.48 bits per heavy atom. The van der Waals surface area contributed by atoms with E-state index in [1.807, 2.05) is 11.8 Å². The van der Waals surface area contributed by atoms with Crippen LogP contribution in [-0.4, -0.2) is 34.2 Å². The summed E-state index contributed by atoms with van der Waals surface area (Å²) in [5.74, 6) is 0.0709. The van der Waals surface area contributed by atoms with Crippen LogP contribution in [0.5, 0.6) is 0 Å². The van der Waals surface area contributed by atoms with Crippen molar-refractivity contribution in [1.82, 2.24) is 5.32 Å². The molecule has 0 aliphatic carbocycles. The maximum absolute atomic E-state index is 11.9. The van der Waals surface area contributed by atoms with Gasteiger partial charge >= 0.3 is 12.0 Å². The van der Waals surface area contributed by atoms with E-state index in [9.17, 15) is 9.59 Å². The molecule has 1 heterocycles. The number of carboxylic acids is 1. The van der Waals surface area contributed by atoms with Crippen LogP contribution >= 0.6 is 23.4 Å². The Morgan fingerprint density at radius 3 is 2.81 bits per heavy atom. The molecule has 0 saturated carbocycles. The molecule has 1 unspecified atom stereocenters. The maximum Gasteiger partial charge on any atom is 0.335 e. The van der Waals surface area contributed by atoms with Crippen LogP contribution in [0.3, 0.4) is 0 Å². The lowest BCUT2D eigenvalue weighted by atomic mass is 10.1. The zero-order chi connectivity index (χ0) is 15.5. The van der Waals surface area contributed by atoms with Gasteiger partial charge in [-0.15, -0.1) is 0 Å². The molecule has 2 rings (SSSR count). The van der Waals surface area contributed by atoms with Gasteiger partial charge in [-0.25, -0.2) is 9.59 Å². The Kier molecular flexibility index (Phi) is 5.00. The Hall–Kier alpha value is -1.40. The van der Waals surface area contributed by atoms with Gasteiger partial charge in [0.1, 0.15) is 0 Å². The second kappa shape index (κ2) is 6.58. The lowest BCUT2D eigenvalue weighted by Crippen LogP contribution is -2.39. The summed E-state index contributed by atoms with van der Waals surface area (Å²) in [6.45, 7) is 2.73. The van der Waals surface area contributed by atoms with Crippen LogP contribution in [0.4, 0.5) is 10.5 Å². The summed E-state index contributed by atoms with van der Waals surface area (Å²) in [5.41, 5.74) is 0.476. The van der Waals surface area contributed by atoms with Crippen LogP contribution < -0.4 is 10.6 Å².